The fraction of sp³-hybridized carbons (Fsp3) is 0.533. The quantitative estimate of drug-likeness (QED) is 0.838. The van der Waals surface area contributed by atoms with Crippen LogP contribution in [0.4, 0.5) is 0 Å². The number of carbonyl (C=O) groups is 1. The largest absolute Gasteiger partial charge is 0.484 e. The van der Waals surface area contributed by atoms with Gasteiger partial charge >= 0.3 is 0 Å². The molecule has 1 aliphatic heterocycles. The molecule has 1 aromatic rings. The summed E-state index contributed by atoms with van der Waals surface area (Å²) in [6.45, 7) is 1.70. The summed E-state index contributed by atoms with van der Waals surface area (Å²) in [5.41, 5.74) is 0. The maximum atomic E-state index is 12.1. The zero-order chi connectivity index (χ0) is 14.4. The standard InChI is InChI=1S/C15H19Cl2NO2/c16-12-8-13(17)10-14(9-12)20-11-15(19)18-6-4-2-1-3-5-7-18/h8-10H,1-7,11H2. The summed E-state index contributed by atoms with van der Waals surface area (Å²) < 4.78 is 5.49. The van der Waals surface area contributed by atoms with E-state index in [-0.39, 0.29) is 12.5 Å². The predicted molar refractivity (Wildman–Crippen MR) is 81.6 cm³/mol. The van der Waals surface area contributed by atoms with Crippen LogP contribution in [0.25, 0.3) is 0 Å². The lowest BCUT2D eigenvalue weighted by atomic mass is 10.1. The molecule has 5 heteroatoms. The zero-order valence-corrected chi connectivity index (χ0v) is 12.9. The number of hydrogen-bond donors (Lipinski definition) is 0. The van der Waals surface area contributed by atoms with Crippen molar-refractivity contribution in [2.24, 2.45) is 0 Å². The maximum Gasteiger partial charge on any atom is 0.260 e. The van der Waals surface area contributed by atoms with Gasteiger partial charge in [-0.3, -0.25) is 4.79 Å². The van der Waals surface area contributed by atoms with Crippen LogP contribution in [0.5, 0.6) is 5.75 Å². The van der Waals surface area contributed by atoms with Crippen molar-refractivity contribution in [2.45, 2.75) is 32.1 Å². The van der Waals surface area contributed by atoms with Gasteiger partial charge < -0.3 is 9.64 Å². The number of hydrogen-bond acceptors (Lipinski definition) is 2. The summed E-state index contributed by atoms with van der Waals surface area (Å²) in [6.07, 6.45) is 5.84. The van der Waals surface area contributed by atoms with E-state index >= 15 is 0 Å². The van der Waals surface area contributed by atoms with Crippen LogP contribution in [-0.2, 0) is 4.79 Å². The SMILES string of the molecule is O=C(COc1cc(Cl)cc(Cl)c1)N1CCCCCCC1. The molecule has 3 nitrogen and oxygen atoms in total. The first-order chi connectivity index (χ1) is 9.65. The van der Waals surface area contributed by atoms with E-state index in [1.54, 1.807) is 18.2 Å². The smallest absolute Gasteiger partial charge is 0.260 e. The Morgan fingerprint density at radius 3 is 2.15 bits per heavy atom. The van der Waals surface area contributed by atoms with E-state index in [1.807, 2.05) is 4.90 Å². The van der Waals surface area contributed by atoms with E-state index in [2.05, 4.69) is 0 Å². The summed E-state index contributed by atoms with van der Waals surface area (Å²) in [6, 6.07) is 4.96. The molecule has 1 aliphatic rings. The molecule has 0 N–H and O–H groups in total. The average Bonchev–Trinajstić information content (AvgIpc) is 2.34. The van der Waals surface area contributed by atoms with Gasteiger partial charge in [0.2, 0.25) is 0 Å². The Kier molecular flexibility index (Phi) is 5.99. The van der Waals surface area contributed by atoms with E-state index in [1.165, 1.54) is 19.3 Å². The minimum absolute atomic E-state index is 0.0306. The van der Waals surface area contributed by atoms with E-state index in [4.69, 9.17) is 27.9 Å². The van der Waals surface area contributed by atoms with Gasteiger partial charge in [-0.15, -0.1) is 0 Å². The molecule has 0 aromatic heterocycles. The topological polar surface area (TPSA) is 29.5 Å². The second-order valence-electron chi connectivity index (χ2n) is 5.04. The molecule has 1 amide bonds. The number of nitrogens with zero attached hydrogens (tertiary/aromatic N) is 1. The van der Waals surface area contributed by atoms with Crippen LogP contribution in [0.1, 0.15) is 32.1 Å². The molecule has 0 aliphatic carbocycles. The Morgan fingerprint density at radius 2 is 1.55 bits per heavy atom. The van der Waals surface area contributed by atoms with Crippen LogP contribution in [0, 0.1) is 0 Å². The number of ether oxygens (including phenoxy) is 1. The van der Waals surface area contributed by atoms with Crippen molar-refractivity contribution in [3.63, 3.8) is 0 Å². The van der Waals surface area contributed by atoms with Gasteiger partial charge in [0, 0.05) is 23.1 Å². The molecule has 0 unspecified atom stereocenters. The first-order valence-corrected chi connectivity index (χ1v) is 7.77. The van der Waals surface area contributed by atoms with Crippen LogP contribution in [-0.4, -0.2) is 30.5 Å². The van der Waals surface area contributed by atoms with E-state index < -0.39 is 0 Å². The molecular weight excluding hydrogens is 297 g/mol. The summed E-state index contributed by atoms with van der Waals surface area (Å²) >= 11 is 11.8. The molecule has 1 fully saturated rings. The number of halogens is 2. The van der Waals surface area contributed by atoms with Gasteiger partial charge in [-0.1, -0.05) is 42.5 Å². The van der Waals surface area contributed by atoms with Gasteiger partial charge in [0.15, 0.2) is 6.61 Å². The molecule has 0 radical (unpaired) electrons. The second kappa shape index (κ2) is 7.75. The van der Waals surface area contributed by atoms with Crippen molar-refractivity contribution in [1.29, 1.82) is 0 Å². The van der Waals surface area contributed by atoms with Crippen LogP contribution in [0.2, 0.25) is 10.0 Å². The highest BCUT2D eigenvalue weighted by Gasteiger charge is 2.15. The predicted octanol–water partition coefficient (Wildman–Crippen LogP) is 4.16. The molecule has 0 atom stereocenters. The summed E-state index contributed by atoms with van der Waals surface area (Å²) in [5.74, 6) is 0.561. The minimum Gasteiger partial charge on any atom is -0.484 e. The van der Waals surface area contributed by atoms with E-state index in [0.717, 1.165) is 25.9 Å². The number of benzene rings is 1. The number of carbonyl (C=O) groups excluding carboxylic acids is 1. The first-order valence-electron chi connectivity index (χ1n) is 7.02. The van der Waals surface area contributed by atoms with Crippen molar-refractivity contribution in [3.05, 3.63) is 28.2 Å². The normalized spacial score (nSPS) is 16.4. The molecule has 20 heavy (non-hydrogen) atoms. The van der Waals surface area contributed by atoms with Gasteiger partial charge in [0.25, 0.3) is 5.91 Å². The Balaban J connectivity index is 1.87. The lowest BCUT2D eigenvalue weighted by molar-refractivity contribution is -0.133. The highest BCUT2D eigenvalue weighted by molar-refractivity contribution is 6.34. The molecule has 2 rings (SSSR count). The molecule has 0 saturated carbocycles. The Morgan fingerprint density at radius 1 is 1.00 bits per heavy atom. The number of amides is 1. The lowest BCUT2D eigenvalue weighted by Gasteiger charge is -2.24. The van der Waals surface area contributed by atoms with Gasteiger partial charge in [0.05, 0.1) is 0 Å². The van der Waals surface area contributed by atoms with E-state index in [0.29, 0.717) is 15.8 Å². The molecule has 1 aromatic carbocycles. The monoisotopic (exact) mass is 315 g/mol. The average molecular weight is 316 g/mol. The third-order valence-corrected chi connectivity index (χ3v) is 3.84. The van der Waals surface area contributed by atoms with Crippen molar-refractivity contribution in [1.82, 2.24) is 4.90 Å². The van der Waals surface area contributed by atoms with Gasteiger partial charge in [0.1, 0.15) is 5.75 Å². The molecule has 1 saturated heterocycles. The fourth-order valence-electron chi connectivity index (χ4n) is 2.35. The molecule has 0 bridgehead atoms. The Labute approximate surface area is 129 Å². The van der Waals surface area contributed by atoms with Crippen LogP contribution >= 0.6 is 23.2 Å². The highest BCUT2D eigenvalue weighted by Crippen LogP contribution is 2.24. The first kappa shape index (κ1) is 15.5. The van der Waals surface area contributed by atoms with Gasteiger partial charge in [-0.25, -0.2) is 0 Å². The fourth-order valence-corrected chi connectivity index (χ4v) is 2.85. The molecule has 110 valence electrons. The van der Waals surface area contributed by atoms with Crippen LogP contribution < -0.4 is 4.74 Å². The number of likely N-dealkylation sites (tertiary alicyclic amines) is 1. The Hall–Kier alpha value is -0.930. The summed E-state index contributed by atoms with van der Waals surface area (Å²) in [7, 11) is 0. The summed E-state index contributed by atoms with van der Waals surface area (Å²) in [5, 5.41) is 1.01. The molecular formula is C15H19Cl2NO2. The summed E-state index contributed by atoms with van der Waals surface area (Å²) in [4.78, 5) is 14.0. The number of rotatable bonds is 3. The molecule has 1 heterocycles. The van der Waals surface area contributed by atoms with Crippen LogP contribution in [0.15, 0.2) is 18.2 Å². The lowest BCUT2D eigenvalue weighted by Crippen LogP contribution is -2.37. The van der Waals surface area contributed by atoms with Gasteiger partial charge in [-0.2, -0.15) is 0 Å². The maximum absolute atomic E-state index is 12.1. The zero-order valence-electron chi connectivity index (χ0n) is 11.4. The van der Waals surface area contributed by atoms with Crippen molar-refractivity contribution in [3.8, 4) is 5.75 Å². The van der Waals surface area contributed by atoms with E-state index in [9.17, 15) is 4.79 Å². The van der Waals surface area contributed by atoms with Crippen molar-refractivity contribution >= 4 is 29.1 Å². The molecule has 0 spiro atoms. The van der Waals surface area contributed by atoms with Crippen LogP contribution in [0.3, 0.4) is 0 Å². The van der Waals surface area contributed by atoms with Crippen molar-refractivity contribution < 1.29 is 9.53 Å². The third kappa shape index (κ3) is 4.88. The Bertz CT molecular complexity index is 437. The second-order valence-corrected chi connectivity index (χ2v) is 5.92. The third-order valence-electron chi connectivity index (χ3n) is 3.41. The van der Waals surface area contributed by atoms with Gasteiger partial charge in [-0.05, 0) is 31.0 Å². The van der Waals surface area contributed by atoms with Crippen molar-refractivity contribution in [2.75, 3.05) is 19.7 Å². The highest BCUT2D eigenvalue weighted by atomic mass is 35.5. The minimum atomic E-state index is 0.0306.